The van der Waals surface area contributed by atoms with E-state index < -0.39 is 24.0 Å². The standard InChI is InChI=1S/C7H12O5/c1-7(2,3)12-11-4-5(8)6(9)10/h4H2,1-3H3,(H,9,10). The number of rotatable bonds is 4. The van der Waals surface area contributed by atoms with Crippen LogP contribution in [0.1, 0.15) is 20.8 Å². The van der Waals surface area contributed by atoms with E-state index >= 15 is 0 Å². The Hall–Kier alpha value is -0.940. The van der Waals surface area contributed by atoms with Crippen LogP contribution in [0.4, 0.5) is 0 Å². The van der Waals surface area contributed by atoms with E-state index in [4.69, 9.17) is 5.11 Å². The van der Waals surface area contributed by atoms with Gasteiger partial charge >= 0.3 is 5.97 Å². The van der Waals surface area contributed by atoms with E-state index in [2.05, 4.69) is 9.78 Å². The first-order chi connectivity index (χ1) is 5.33. The van der Waals surface area contributed by atoms with E-state index in [0.29, 0.717) is 0 Å². The molecule has 0 aliphatic carbocycles. The summed E-state index contributed by atoms with van der Waals surface area (Å²) < 4.78 is 0. The lowest BCUT2D eigenvalue weighted by atomic mass is 10.2. The molecule has 0 aliphatic rings. The maximum atomic E-state index is 10.4. The molecule has 0 rings (SSSR count). The number of carboxylic acid groups (broad SMARTS) is 1. The second-order valence-electron chi connectivity index (χ2n) is 3.19. The number of aliphatic carboxylic acids is 1. The molecule has 5 heteroatoms. The summed E-state index contributed by atoms with van der Waals surface area (Å²) in [6.45, 7) is 4.60. The molecule has 0 aromatic carbocycles. The minimum atomic E-state index is -1.52. The fraction of sp³-hybridized carbons (Fsp3) is 0.714. The molecule has 0 saturated carbocycles. The van der Waals surface area contributed by atoms with Gasteiger partial charge in [-0.05, 0) is 20.8 Å². The number of carboxylic acids is 1. The van der Waals surface area contributed by atoms with Crippen molar-refractivity contribution < 1.29 is 24.5 Å². The van der Waals surface area contributed by atoms with E-state index in [1.807, 2.05) is 0 Å². The van der Waals surface area contributed by atoms with Gasteiger partial charge in [0, 0.05) is 0 Å². The van der Waals surface area contributed by atoms with Crippen LogP contribution in [0.15, 0.2) is 0 Å². The zero-order valence-corrected chi connectivity index (χ0v) is 7.29. The summed E-state index contributed by atoms with van der Waals surface area (Å²) in [7, 11) is 0. The summed E-state index contributed by atoms with van der Waals surface area (Å²) in [5.41, 5.74) is -0.543. The lowest BCUT2D eigenvalue weighted by molar-refractivity contribution is -0.342. The predicted molar refractivity (Wildman–Crippen MR) is 39.4 cm³/mol. The molecule has 0 aliphatic heterocycles. The Morgan fingerprint density at radius 1 is 1.33 bits per heavy atom. The Morgan fingerprint density at radius 3 is 2.17 bits per heavy atom. The fourth-order valence-electron chi connectivity index (χ4n) is 0.321. The van der Waals surface area contributed by atoms with Gasteiger partial charge in [0.25, 0.3) is 5.78 Å². The number of ketones is 1. The van der Waals surface area contributed by atoms with Gasteiger partial charge in [-0.25, -0.2) is 14.6 Å². The maximum absolute atomic E-state index is 10.4. The Labute approximate surface area is 70.2 Å². The third kappa shape index (κ3) is 5.82. The molecule has 0 radical (unpaired) electrons. The first kappa shape index (κ1) is 11.1. The molecular weight excluding hydrogens is 164 g/mol. The molecule has 0 bridgehead atoms. The third-order valence-electron chi connectivity index (χ3n) is 0.737. The molecule has 0 amide bonds. The van der Waals surface area contributed by atoms with Crippen molar-refractivity contribution in [3.8, 4) is 0 Å². The number of carbonyl (C=O) groups is 2. The third-order valence-corrected chi connectivity index (χ3v) is 0.737. The molecule has 0 fully saturated rings. The Morgan fingerprint density at radius 2 is 1.83 bits per heavy atom. The average Bonchev–Trinajstić information content (AvgIpc) is 1.84. The highest BCUT2D eigenvalue weighted by atomic mass is 17.2. The van der Waals surface area contributed by atoms with Crippen LogP contribution in [0.3, 0.4) is 0 Å². The summed E-state index contributed by atoms with van der Waals surface area (Å²) in [6, 6.07) is 0. The van der Waals surface area contributed by atoms with E-state index in [9.17, 15) is 9.59 Å². The Kier molecular flexibility index (Phi) is 3.85. The second-order valence-corrected chi connectivity index (χ2v) is 3.19. The summed E-state index contributed by atoms with van der Waals surface area (Å²) in [5.74, 6) is -2.55. The first-order valence-corrected chi connectivity index (χ1v) is 3.39. The van der Waals surface area contributed by atoms with Gasteiger partial charge < -0.3 is 5.11 Å². The van der Waals surface area contributed by atoms with Crippen LogP contribution in [0.25, 0.3) is 0 Å². The quantitative estimate of drug-likeness (QED) is 0.381. The van der Waals surface area contributed by atoms with Crippen molar-refractivity contribution in [2.45, 2.75) is 26.4 Å². The summed E-state index contributed by atoms with van der Waals surface area (Å²) in [4.78, 5) is 29.5. The topological polar surface area (TPSA) is 72.8 Å². The highest BCUT2D eigenvalue weighted by Crippen LogP contribution is 2.06. The molecular formula is C7H12O5. The fourth-order valence-corrected chi connectivity index (χ4v) is 0.321. The lowest BCUT2D eigenvalue weighted by Crippen LogP contribution is -2.24. The minimum Gasteiger partial charge on any atom is -0.475 e. The van der Waals surface area contributed by atoms with Crippen LogP contribution in [0, 0.1) is 0 Å². The summed E-state index contributed by atoms with van der Waals surface area (Å²) in [6.07, 6.45) is 0. The zero-order chi connectivity index (χ0) is 9.78. The predicted octanol–water partition coefficient (Wildman–Crippen LogP) is 0.387. The van der Waals surface area contributed by atoms with E-state index in [-0.39, 0.29) is 0 Å². The molecule has 70 valence electrons. The van der Waals surface area contributed by atoms with Crippen molar-refractivity contribution in [2.75, 3.05) is 6.61 Å². The normalized spacial score (nSPS) is 11.2. The Balaban J connectivity index is 3.58. The van der Waals surface area contributed by atoms with Gasteiger partial charge in [-0.2, -0.15) is 0 Å². The first-order valence-electron chi connectivity index (χ1n) is 3.39. The van der Waals surface area contributed by atoms with Crippen molar-refractivity contribution in [3.63, 3.8) is 0 Å². The van der Waals surface area contributed by atoms with Gasteiger partial charge in [-0.15, -0.1) is 0 Å². The molecule has 12 heavy (non-hydrogen) atoms. The monoisotopic (exact) mass is 176 g/mol. The number of hydrogen-bond donors (Lipinski definition) is 1. The van der Waals surface area contributed by atoms with Crippen LogP contribution in [0.5, 0.6) is 0 Å². The smallest absolute Gasteiger partial charge is 0.374 e. The number of hydrogen-bond acceptors (Lipinski definition) is 4. The molecule has 0 heterocycles. The molecule has 0 unspecified atom stereocenters. The second kappa shape index (κ2) is 4.18. The van der Waals surface area contributed by atoms with E-state index in [1.165, 1.54) is 0 Å². The SMILES string of the molecule is CC(C)(C)OOCC(=O)C(=O)O. The molecule has 0 spiro atoms. The van der Waals surface area contributed by atoms with Crippen LogP contribution in [-0.4, -0.2) is 29.1 Å². The van der Waals surface area contributed by atoms with Gasteiger partial charge in [-0.3, -0.25) is 4.79 Å². The minimum absolute atomic E-state index is 0.543. The van der Waals surface area contributed by atoms with Crippen molar-refractivity contribution >= 4 is 11.8 Å². The molecule has 0 aromatic heterocycles. The number of carbonyl (C=O) groups excluding carboxylic acids is 1. The molecule has 0 saturated heterocycles. The van der Waals surface area contributed by atoms with E-state index in [0.717, 1.165) is 0 Å². The molecule has 0 atom stereocenters. The summed E-state index contributed by atoms with van der Waals surface area (Å²) >= 11 is 0. The molecule has 1 N–H and O–H groups in total. The van der Waals surface area contributed by atoms with Gasteiger partial charge in [0.1, 0.15) is 0 Å². The van der Waals surface area contributed by atoms with Gasteiger partial charge in [0.05, 0.1) is 5.60 Å². The summed E-state index contributed by atoms with van der Waals surface area (Å²) in [5, 5.41) is 8.13. The maximum Gasteiger partial charge on any atom is 0.374 e. The molecule has 5 nitrogen and oxygen atoms in total. The van der Waals surface area contributed by atoms with Crippen molar-refractivity contribution in [1.29, 1.82) is 0 Å². The zero-order valence-electron chi connectivity index (χ0n) is 7.29. The van der Waals surface area contributed by atoms with Gasteiger partial charge in [0.15, 0.2) is 6.61 Å². The largest absolute Gasteiger partial charge is 0.475 e. The number of Topliss-reactive ketones (excluding diaryl/α,β-unsaturated/α-hetero) is 1. The molecule has 0 aromatic rings. The van der Waals surface area contributed by atoms with Gasteiger partial charge in [0.2, 0.25) is 0 Å². The lowest BCUT2D eigenvalue weighted by Gasteiger charge is -2.16. The van der Waals surface area contributed by atoms with Crippen LogP contribution >= 0.6 is 0 Å². The van der Waals surface area contributed by atoms with Crippen LogP contribution in [0.2, 0.25) is 0 Å². The average molecular weight is 176 g/mol. The van der Waals surface area contributed by atoms with Gasteiger partial charge in [-0.1, -0.05) is 0 Å². The van der Waals surface area contributed by atoms with Crippen LogP contribution < -0.4 is 0 Å². The highest BCUT2D eigenvalue weighted by Gasteiger charge is 2.15. The Bertz CT molecular complexity index is 179. The highest BCUT2D eigenvalue weighted by molar-refractivity contribution is 6.33. The van der Waals surface area contributed by atoms with Crippen LogP contribution in [-0.2, 0) is 19.4 Å². The van der Waals surface area contributed by atoms with Crippen molar-refractivity contribution in [2.24, 2.45) is 0 Å². The van der Waals surface area contributed by atoms with Crippen molar-refractivity contribution in [3.05, 3.63) is 0 Å². The van der Waals surface area contributed by atoms with Crippen molar-refractivity contribution in [1.82, 2.24) is 0 Å². The van der Waals surface area contributed by atoms with E-state index in [1.54, 1.807) is 20.8 Å².